The van der Waals surface area contributed by atoms with Crippen LogP contribution >= 0.6 is 0 Å². The number of esters is 1. The molecule has 0 saturated heterocycles. The van der Waals surface area contributed by atoms with Crippen molar-refractivity contribution < 1.29 is 34.1 Å². The molecular weight excluding hydrogens is 644 g/mol. The summed E-state index contributed by atoms with van der Waals surface area (Å²) in [6, 6.07) is -1.39. The second-order valence-corrected chi connectivity index (χ2v) is 14.4. The van der Waals surface area contributed by atoms with E-state index in [2.05, 4.69) is 36.6 Å². The van der Waals surface area contributed by atoms with E-state index >= 15 is 0 Å². The first-order chi connectivity index (χ1) is 24.8. The Labute approximate surface area is 311 Å². The van der Waals surface area contributed by atoms with Gasteiger partial charge in [-0.1, -0.05) is 161 Å². The quantitative estimate of drug-likeness (QED) is 0.0282. The molecule has 4 N–H and O–H groups in total. The highest BCUT2D eigenvalue weighted by Gasteiger charge is 2.18. The largest absolute Gasteiger partial charge is 0.480 e. The molecule has 51 heavy (non-hydrogen) atoms. The molecule has 0 radical (unpaired) electrons. The zero-order valence-corrected chi connectivity index (χ0v) is 32.9. The van der Waals surface area contributed by atoms with Gasteiger partial charge >= 0.3 is 11.9 Å². The van der Waals surface area contributed by atoms with Crippen LogP contribution in [0.25, 0.3) is 0 Å². The molecule has 0 rings (SSSR count). The summed E-state index contributed by atoms with van der Waals surface area (Å²) in [4.78, 5) is 47.5. The molecule has 0 aromatic rings. The molecule has 0 spiro atoms. The summed E-state index contributed by atoms with van der Waals surface area (Å²) in [6.45, 7) is 3.45. The smallest absolute Gasteiger partial charge is 0.328 e. The third-order valence-corrected chi connectivity index (χ3v) is 9.50. The summed E-state index contributed by atoms with van der Waals surface area (Å²) in [5.41, 5.74) is 0. The van der Waals surface area contributed by atoms with Crippen molar-refractivity contribution in [2.45, 2.75) is 219 Å². The molecule has 0 fully saturated rings. The molecule has 9 nitrogen and oxygen atoms in total. The molecule has 0 aliphatic rings. The highest BCUT2D eigenvalue weighted by molar-refractivity contribution is 5.87. The van der Waals surface area contributed by atoms with Gasteiger partial charge in [0.15, 0.2) is 0 Å². The number of aliphatic hydroxyl groups is 1. The van der Waals surface area contributed by atoms with E-state index in [-0.39, 0.29) is 30.9 Å². The number of carbonyl (C=O) groups excluding carboxylic acids is 3. The van der Waals surface area contributed by atoms with Crippen LogP contribution in [0.2, 0.25) is 0 Å². The molecule has 2 atom stereocenters. The van der Waals surface area contributed by atoms with E-state index in [9.17, 15) is 19.2 Å². The molecule has 0 saturated carbocycles. The zero-order valence-electron chi connectivity index (χ0n) is 32.9. The number of unbranched alkanes of at least 4 members (excludes halogenated alkanes) is 24. The molecule has 298 valence electrons. The maximum absolute atomic E-state index is 12.7. The minimum Gasteiger partial charge on any atom is -0.480 e. The standard InChI is InChI=1S/C42H78N2O7/c1-3-5-7-9-11-13-14-15-16-17-18-19-20-22-24-30-34-41(48)51-37(31-27-23-21-12-10-8-6-4-2)32-28-25-26-29-33-39(46)43-35-40(47)44-38(36-45)42(49)50/h27,31,37-38,45H,3-26,28-30,32-36H2,1-2H3,(H,43,46)(H,44,47)(H,49,50)/b31-27-. The molecule has 9 heteroatoms. The van der Waals surface area contributed by atoms with Crippen LogP contribution in [0.3, 0.4) is 0 Å². The molecule has 0 bridgehead atoms. The topological polar surface area (TPSA) is 142 Å². The number of nitrogens with one attached hydrogen (secondary N) is 2. The number of ether oxygens (including phenoxy) is 1. The number of carboxylic acid groups (broad SMARTS) is 1. The van der Waals surface area contributed by atoms with E-state index < -0.39 is 24.5 Å². The summed E-state index contributed by atoms with van der Waals surface area (Å²) in [5, 5.41) is 22.5. The van der Waals surface area contributed by atoms with Gasteiger partial charge in [-0.3, -0.25) is 14.4 Å². The van der Waals surface area contributed by atoms with Crippen molar-refractivity contribution in [3.63, 3.8) is 0 Å². The second-order valence-electron chi connectivity index (χ2n) is 14.4. The van der Waals surface area contributed by atoms with Crippen molar-refractivity contribution >= 4 is 23.8 Å². The van der Waals surface area contributed by atoms with Crippen LogP contribution in [0.1, 0.15) is 206 Å². The molecule has 0 heterocycles. The van der Waals surface area contributed by atoms with Gasteiger partial charge in [-0.05, 0) is 44.6 Å². The molecule has 0 aliphatic carbocycles. The van der Waals surface area contributed by atoms with Crippen molar-refractivity contribution in [2.75, 3.05) is 13.2 Å². The number of aliphatic carboxylic acids is 1. The Bertz CT molecular complexity index is 879. The maximum Gasteiger partial charge on any atom is 0.328 e. The van der Waals surface area contributed by atoms with Gasteiger partial charge in [0.2, 0.25) is 11.8 Å². The van der Waals surface area contributed by atoms with Crippen molar-refractivity contribution in [3.05, 3.63) is 12.2 Å². The monoisotopic (exact) mass is 723 g/mol. The average Bonchev–Trinajstić information content (AvgIpc) is 3.11. The van der Waals surface area contributed by atoms with Crippen LogP contribution in [-0.4, -0.2) is 59.3 Å². The van der Waals surface area contributed by atoms with E-state index in [1.165, 1.54) is 122 Å². The Balaban J connectivity index is 4.22. The summed E-state index contributed by atoms with van der Waals surface area (Å²) in [6.07, 6.45) is 38.3. The number of carboxylic acids is 1. The number of rotatable bonds is 38. The maximum atomic E-state index is 12.7. The third-order valence-electron chi connectivity index (χ3n) is 9.50. The van der Waals surface area contributed by atoms with E-state index in [1.807, 2.05) is 0 Å². The Morgan fingerprint density at radius 1 is 0.588 bits per heavy atom. The first-order valence-corrected chi connectivity index (χ1v) is 21.1. The highest BCUT2D eigenvalue weighted by atomic mass is 16.5. The van der Waals surface area contributed by atoms with Crippen LogP contribution in [0.15, 0.2) is 12.2 Å². The van der Waals surface area contributed by atoms with Crippen molar-refractivity contribution in [2.24, 2.45) is 0 Å². The van der Waals surface area contributed by atoms with Crippen LogP contribution in [0.5, 0.6) is 0 Å². The Morgan fingerprint density at radius 2 is 1.04 bits per heavy atom. The first-order valence-electron chi connectivity index (χ1n) is 21.1. The fraction of sp³-hybridized carbons (Fsp3) is 0.857. The van der Waals surface area contributed by atoms with Gasteiger partial charge < -0.3 is 25.6 Å². The van der Waals surface area contributed by atoms with E-state index in [4.69, 9.17) is 14.9 Å². The fourth-order valence-electron chi connectivity index (χ4n) is 6.21. The summed E-state index contributed by atoms with van der Waals surface area (Å²) in [7, 11) is 0. The van der Waals surface area contributed by atoms with Gasteiger partial charge in [0.1, 0.15) is 12.1 Å². The lowest BCUT2D eigenvalue weighted by Crippen LogP contribution is -2.47. The lowest BCUT2D eigenvalue weighted by atomic mass is 10.0. The first kappa shape index (κ1) is 48.6. The number of amides is 2. The predicted molar refractivity (Wildman–Crippen MR) is 209 cm³/mol. The molecular formula is C42H78N2O7. The number of carbonyl (C=O) groups is 4. The molecule has 2 unspecified atom stereocenters. The lowest BCUT2D eigenvalue weighted by molar-refractivity contribution is -0.147. The molecule has 2 amide bonds. The summed E-state index contributed by atoms with van der Waals surface area (Å²) in [5.74, 6) is -2.38. The minimum atomic E-state index is -1.39. The Kier molecular flexibility index (Phi) is 35.6. The molecule has 0 aliphatic heterocycles. The molecule has 0 aromatic heterocycles. The van der Waals surface area contributed by atoms with Gasteiger partial charge in [-0.15, -0.1) is 0 Å². The number of aliphatic hydroxyl groups excluding tert-OH is 1. The van der Waals surface area contributed by atoms with Crippen molar-refractivity contribution in [1.29, 1.82) is 0 Å². The lowest BCUT2D eigenvalue weighted by Gasteiger charge is -2.15. The second kappa shape index (κ2) is 37.3. The zero-order chi connectivity index (χ0) is 37.6. The third kappa shape index (κ3) is 34.4. The van der Waals surface area contributed by atoms with Crippen LogP contribution in [0, 0.1) is 0 Å². The Hall–Kier alpha value is -2.42. The fourth-order valence-corrected chi connectivity index (χ4v) is 6.21. The number of allylic oxidation sites excluding steroid dienone is 1. The predicted octanol–water partition coefficient (Wildman–Crippen LogP) is 9.88. The van der Waals surface area contributed by atoms with Crippen LogP contribution in [-0.2, 0) is 23.9 Å². The van der Waals surface area contributed by atoms with Crippen molar-refractivity contribution in [3.8, 4) is 0 Å². The van der Waals surface area contributed by atoms with Gasteiger partial charge in [0.25, 0.3) is 0 Å². The summed E-state index contributed by atoms with van der Waals surface area (Å²) < 4.78 is 5.90. The van der Waals surface area contributed by atoms with Gasteiger partial charge in [-0.25, -0.2) is 4.79 Å². The van der Waals surface area contributed by atoms with E-state index in [0.29, 0.717) is 12.8 Å². The molecule has 0 aromatic carbocycles. The van der Waals surface area contributed by atoms with Crippen LogP contribution < -0.4 is 10.6 Å². The normalized spacial score (nSPS) is 12.5. The van der Waals surface area contributed by atoms with E-state index in [1.54, 1.807) is 0 Å². The minimum absolute atomic E-state index is 0.107. The Morgan fingerprint density at radius 3 is 1.53 bits per heavy atom. The SMILES string of the molecule is CCCCCCCC/C=C\C(CCCCCCC(=O)NCC(=O)NC(CO)C(=O)O)OC(=O)CCCCCCCCCCCCCCCCCC. The van der Waals surface area contributed by atoms with Crippen molar-refractivity contribution in [1.82, 2.24) is 10.6 Å². The van der Waals surface area contributed by atoms with Gasteiger partial charge in [-0.2, -0.15) is 0 Å². The number of hydrogen-bond donors (Lipinski definition) is 4. The van der Waals surface area contributed by atoms with Crippen LogP contribution in [0.4, 0.5) is 0 Å². The van der Waals surface area contributed by atoms with Gasteiger partial charge in [0, 0.05) is 12.8 Å². The number of hydrogen-bond acceptors (Lipinski definition) is 6. The van der Waals surface area contributed by atoms with Gasteiger partial charge in [0.05, 0.1) is 13.2 Å². The average molecular weight is 723 g/mol. The summed E-state index contributed by atoms with van der Waals surface area (Å²) >= 11 is 0. The highest BCUT2D eigenvalue weighted by Crippen LogP contribution is 2.16. The van der Waals surface area contributed by atoms with E-state index in [0.717, 1.165) is 51.4 Å².